The molecule has 0 atom stereocenters. The third-order valence-corrected chi connectivity index (χ3v) is 2.58. The highest BCUT2D eigenvalue weighted by molar-refractivity contribution is 6.28. The quantitative estimate of drug-likeness (QED) is 0.870. The predicted molar refractivity (Wildman–Crippen MR) is 62.4 cm³/mol. The van der Waals surface area contributed by atoms with Crippen molar-refractivity contribution in [2.45, 2.75) is 19.7 Å². The molecule has 0 saturated carbocycles. The standard InChI is InChI=1S/C11H9ClF3N3O/c1-2-9-16-17-10(12)18(9)7-3-5-8(6-4-7)19-11(13,14)15/h3-6H,2H2,1H3. The van der Waals surface area contributed by atoms with Gasteiger partial charge in [-0.25, -0.2) is 0 Å². The number of nitrogens with zero attached hydrogens (tertiary/aromatic N) is 3. The fourth-order valence-corrected chi connectivity index (χ4v) is 1.81. The van der Waals surface area contributed by atoms with Gasteiger partial charge in [-0.1, -0.05) is 6.92 Å². The molecule has 0 saturated heterocycles. The van der Waals surface area contributed by atoms with Crippen molar-refractivity contribution in [1.29, 1.82) is 0 Å². The van der Waals surface area contributed by atoms with E-state index in [1.54, 1.807) is 4.57 Å². The summed E-state index contributed by atoms with van der Waals surface area (Å²) in [6, 6.07) is 5.32. The van der Waals surface area contributed by atoms with Gasteiger partial charge < -0.3 is 4.74 Å². The van der Waals surface area contributed by atoms with Crippen molar-refractivity contribution in [2.75, 3.05) is 0 Å². The number of hydrogen-bond acceptors (Lipinski definition) is 3. The van der Waals surface area contributed by atoms with Crippen molar-refractivity contribution in [2.24, 2.45) is 0 Å². The molecular formula is C11H9ClF3N3O. The second-order valence-corrected chi connectivity index (χ2v) is 3.95. The number of ether oxygens (including phenoxy) is 1. The normalized spacial score (nSPS) is 11.6. The number of hydrogen-bond donors (Lipinski definition) is 0. The lowest BCUT2D eigenvalue weighted by atomic mass is 10.3. The molecular weight excluding hydrogens is 283 g/mol. The van der Waals surface area contributed by atoms with Gasteiger partial charge in [0.1, 0.15) is 11.6 Å². The molecule has 102 valence electrons. The number of rotatable bonds is 3. The third-order valence-electron chi connectivity index (χ3n) is 2.34. The molecule has 0 aliphatic rings. The molecule has 8 heteroatoms. The molecule has 2 aromatic rings. The van der Waals surface area contributed by atoms with Gasteiger partial charge in [0.05, 0.1) is 5.69 Å². The van der Waals surface area contributed by atoms with E-state index in [9.17, 15) is 13.2 Å². The molecule has 0 spiro atoms. The van der Waals surface area contributed by atoms with Crippen molar-refractivity contribution in [3.8, 4) is 11.4 Å². The van der Waals surface area contributed by atoms with Crippen LogP contribution in [0.5, 0.6) is 5.75 Å². The van der Waals surface area contributed by atoms with Crippen LogP contribution in [-0.2, 0) is 6.42 Å². The van der Waals surface area contributed by atoms with E-state index in [1.807, 2.05) is 6.92 Å². The van der Waals surface area contributed by atoms with Crippen LogP contribution in [0.15, 0.2) is 24.3 Å². The summed E-state index contributed by atoms with van der Waals surface area (Å²) < 4.78 is 41.4. The predicted octanol–water partition coefficient (Wildman–Crippen LogP) is 3.38. The van der Waals surface area contributed by atoms with Gasteiger partial charge in [0.25, 0.3) is 0 Å². The maximum absolute atomic E-state index is 12.0. The Morgan fingerprint density at radius 2 is 1.84 bits per heavy atom. The second-order valence-electron chi connectivity index (χ2n) is 3.62. The largest absolute Gasteiger partial charge is 0.573 e. The second kappa shape index (κ2) is 5.08. The molecule has 1 aromatic heterocycles. The van der Waals surface area contributed by atoms with Crippen molar-refractivity contribution in [1.82, 2.24) is 14.8 Å². The highest BCUT2D eigenvalue weighted by atomic mass is 35.5. The van der Waals surface area contributed by atoms with Crippen LogP contribution in [0.3, 0.4) is 0 Å². The Hall–Kier alpha value is -1.76. The lowest BCUT2D eigenvalue weighted by Crippen LogP contribution is -2.17. The fraction of sp³-hybridized carbons (Fsp3) is 0.273. The molecule has 19 heavy (non-hydrogen) atoms. The van der Waals surface area contributed by atoms with Gasteiger partial charge in [-0.05, 0) is 35.9 Å². The van der Waals surface area contributed by atoms with E-state index in [-0.39, 0.29) is 11.0 Å². The average Bonchev–Trinajstić information content (AvgIpc) is 2.69. The van der Waals surface area contributed by atoms with Crippen LogP contribution < -0.4 is 4.74 Å². The minimum Gasteiger partial charge on any atom is -0.406 e. The summed E-state index contributed by atoms with van der Waals surface area (Å²) in [6.07, 6.45) is -4.11. The summed E-state index contributed by atoms with van der Waals surface area (Å²) in [5, 5.41) is 7.73. The Kier molecular flexibility index (Phi) is 3.66. The van der Waals surface area contributed by atoms with Gasteiger partial charge in [0.2, 0.25) is 5.28 Å². The number of benzene rings is 1. The Morgan fingerprint density at radius 3 is 2.37 bits per heavy atom. The first-order valence-electron chi connectivity index (χ1n) is 5.36. The van der Waals surface area contributed by atoms with E-state index in [0.717, 1.165) is 0 Å². The summed E-state index contributed by atoms with van der Waals surface area (Å²) in [6.45, 7) is 1.87. The van der Waals surface area contributed by atoms with Crippen LogP contribution >= 0.6 is 11.6 Å². The number of aromatic nitrogens is 3. The Labute approximate surface area is 111 Å². The molecule has 0 aliphatic heterocycles. The first kappa shape index (κ1) is 13.7. The molecule has 0 radical (unpaired) electrons. The molecule has 0 N–H and O–H groups in total. The van der Waals surface area contributed by atoms with Gasteiger partial charge >= 0.3 is 6.36 Å². The van der Waals surface area contributed by atoms with Gasteiger partial charge in [-0.2, -0.15) is 0 Å². The number of aryl methyl sites for hydroxylation is 1. The zero-order valence-electron chi connectivity index (χ0n) is 9.78. The lowest BCUT2D eigenvalue weighted by molar-refractivity contribution is -0.274. The first-order valence-corrected chi connectivity index (χ1v) is 5.74. The maximum atomic E-state index is 12.0. The van der Waals surface area contributed by atoms with Crippen molar-refractivity contribution < 1.29 is 17.9 Å². The highest BCUT2D eigenvalue weighted by Gasteiger charge is 2.31. The van der Waals surface area contributed by atoms with E-state index in [2.05, 4.69) is 14.9 Å². The maximum Gasteiger partial charge on any atom is 0.573 e. The van der Waals surface area contributed by atoms with Crippen LogP contribution in [0.2, 0.25) is 5.28 Å². The average molecular weight is 292 g/mol. The third kappa shape index (κ3) is 3.17. The van der Waals surface area contributed by atoms with E-state index in [0.29, 0.717) is 17.9 Å². The van der Waals surface area contributed by atoms with Gasteiger partial charge in [0, 0.05) is 6.42 Å². The summed E-state index contributed by atoms with van der Waals surface area (Å²) in [7, 11) is 0. The van der Waals surface area contributed by atoms with Crippen LogP contribution in [0.1, 0.15) is 12.7 Å². The minimum absolute atomic E-state index is 0.154. The van der Waals surface area contributed by atoms with Gasteiger partial charge in [0.15, 0.2) is 0 Å². The van der Waals surface area contributed by atoms with Crippen LogP contribution in [0, 0.1) is 0 Å². The van der Waals surface area contributed by atoms with Crippen LogP contribution in [0.25, 0.3) is 5.69 Å². The van der Waals surface area contributed by atoms with Crippen LogP contribution in [-0.4, -0.2) is 21.1 Å². The molecule has 2 rings (SSSR count). The molecule has 0 fully saturated rings. The van der Waals surface area contributed by atoms with E-state index >= 15 is 0 Å². The SMILES string of the molecule is CCc1nnc(Cl)n1-c1ccc(OC(F)(F)F)cc1. The lowest BCUT2D eigenvalue weighted by Gasteiger charge is -2.10. The molecule has 4 nitrogen and oxygen atoms in total. The molecule has 0 amide bonds. The van der Waals surface area contributed by atoms with Crippen molar-refractivity contribution >= 4 is 11.6 Å². The van der Waals surface area contributed by atoms with E-state index in [1.165, 1.54) is 24.3 Å². The smallest absolute Gasteiger partial charge is 0.406 e. The van der Waals surface area contributed by atoms with E-state index < -0.39 is 6.36 Å². The Morgan fingerprint density at radius 1 is 1.21 bits per heavy atom. The monoisotopic (exact) mass is 291 g/mol. The number of alkyl halides is 3. The summed E-state index contributed by atoms with van der Waals surface area (Å²) in [4.78, 5) is 0. The zero-order valence-corrected chi connectivity index (χ0v) is 10.5. The first-order chi connectivity index (χ1) is 8.90. The Balaban J connectivity index is 2.30. The zero-order chi connectivity index (χ0) is 14.0. The molecule has 0 aliphatic carbocycles. The minimum atomic E-state index is -4.70. The summed E-state index contributed by atoms with van der Waals surface area (Å²) >= 11 is 5.88. The Bertz CT molecular complexity index is 566. The van der Waals surface area contributed by atoms with E-state index in [4.69, 9.17) is 11.6 Å². The van der Waals surface area contributed by atoms with Crippen LogP contribution in [0.4, 0.5) is 13.2 Å². The van der Waals surface area contributed by atoms with Gasteiger partial charge in [-0.3, -0.25) is 4.57 Å². The molecule has 1 aromatic carbocycles. The molecule has 0 bridgehead atoms. The molecule has 0 unspecified atom stereocenters. The van der Waals surface area contributed by atoms with Gasteiger partial charge in [-0.15, -0.1) is 23.4 Å². The topological polar surface area (TPSA) is 39.9 Å². The van der Waals surface area contributed by atoms with Crippen molar-refractivity contribution in [3.63, 3.8) is 0 Å². The molecule has 1 heterocycles. The fourth-order valence-electron chi connectivity index (χ4n) is 1.58. The summed E-state index contributed by atoms with van der Waals surface area (Å²) in [5.74, 6) is 0.327. The summed E-state index contributed by atoms with van der Waals surface area (Å²) in [5.41, 5.74) is 0.571. The van der Waals surface area contributed by atoms with Crippen molar-refractivity contribution in [3.05, 3.63) is 35.4 Å². The number of halogens is 4. The highest BCUT2D eigenvalue weighted by Crippen LogP contribution is 2.25.